The number of amides is 1. The highest BCUT2D eigenvalue weighted by Crippen LogP contribution is 2.18. The summed E-state index contributed by atoms with van der Waals surface area (Å²) in [4.78, 5) is 16.1. The first-order chi connectivity index (χ1) is 10.2. The number of rotatable bonds is 4. The van der Waals surface area contributed by atoms with Crippen LogP contribution in [-0.4, -0.2) is 20.7 Å². The van der Waals surface area contributed by atoms with E-state index in [1.165, 1.54) is 11.3 Å². The molecule has 5 nitrogen and oxygen atoms in total. The topological polar surface area (TPSA) is 59.8 Å². The molecule has 3 aromatic rings. The summed E-state index contributed by atoms with van der Waals surface area (Å²) in [6.07, 6.45) is 3.62. The van der Waals surface area contributed by atoms with Gasteiger partial charge in [-0.1, -0.05) is 30.3 Å². The lowest BCUT2D eigenvalue weighted by molar-refractivity contribution is -0.116. The molecule has 2 heterocycles. The van der Waals surface area contributed by atoms with Gasteiger partial charge >= 0.3 is 0 Å². The van der Waals surface area contributed by atoms with Gasteiger partial charge in [0.05, 0.1) is 11.9 Å². The van der Waals surface area contributed by atoms with Crippen molar-refractivity contribution in [1.29, 1.82) is 0 Å². The van der Waals surface area contributed by atoms with E-state index in [4.69, 9.17) is 0 Å². The summed E-state index contributed by atoms with van der Waals surface area (Å²) in [5.41, 5.74) is 2.98. The van der Waals surface area contributed by atoms with E-state index in [0.29, 0.717) is 5.13 Å². The summed E-state index contributed by atoms with van der Waals surface area (Å²) < 4.78 is 1.62. The molecule has 0 aliphatic carbocycles. The van der Waals surface area contributed by atoms with Gasteiger partial charge in [0.15, 0.2) is 5.13 Å². The Labute approximate surface area is 126 Å². The summed E-state index contributed by atoms with van der Waals surface area (Å²) in [5.74, 6) is -0.132. The van der Waals surface area contributed by atoms with Gasteiger partial charge in [0.1, 0.15) is 6.54 Å². The first kappa shape index (κ1) is 13.5. The Bertz CT molecular complexity index is 748. The fraction of sp³-hybridized carbons (Fsp3) is 0.133. The predicted octanol–water partition coefficient (Wildman–Crippen LogP) is 2.95. The molecule has 1 amide bonds. The third-order valence-electron chi connectivity index (χ3n) is 2.91. The van der Waals surface area contributed by atoms with Gasteiger partial charge in [-0.3, -0.25) is 9.48 Å². The molecule has 2 aromatic heterocycles. The molecular weight excluding hydrogens is 284 g/mol. The van der Waals surface area contributed by atoms with Gasteiger partial charge in [0.2, 0.25) is 5.91 Å². The number of nitrogens with zero attached hydrogens (tertiary/aromatic N) is 3. The van der Waals surface area contributed by atoms with E-state index >= 15 is 0 Å². The van der Waals surface area contributed by atoms with E-state index in [2.05, 4.69) is 15.4 Å². The van der Waals surface area contributed by atoms with Crippen molar-refractivity contribution in [2.24, 2.45) is 0 Å². The number of carbonyl (C=O) groups is 1. The third kappa shape index (κ3) is 3.35. The molecule has 3 rings (SSSR count). The number of anilines is 1. The van der Waals surface area contributed by atoms with Gasteiger partial charge in [-0.2, -0.15) is 5.10 Å². The number of carbonyl (C=O) groups excluding carboxylic acids is 1. The van der Waals surface area contributed by atoms with Gasteiger partial charge < -0.3 is 5.32 Å². The van der Waals surface area contributed by atoms with E-state index in [0.717, 1.165) is 16.8 Å². The Balaban J connectivity index is 1.66. The monoisotopic (exact) mass is 298 g/mol. The van der Waals surface area contributed by atoms with Crippen LogP contribution in [-0.2, 0) is 11.3 Å². The van der Waals surface area contributed by atoms with Crippen LogP contribution in [0.2, 0.25) is 0 Å². The summed E-state index contributed by atoms with van der Waals surface area (Å²) in [6, 6.07) is 9.95. The van der Waals surface area contributed by atoms with Crippen LogP contribution in [0.1, 0.15) is 5.69 Å². The molecule has 0 aliphatic heterocycles. The maximum absolute atomic E-state index is 11.9. The van der Waals surface area contributed by atoms with Crippen molar-refractivity contribution in [1.82, 2.24) is 14.8 Å². The van der Waals surface area contributed by atoms with Crippen molar-refractivity contribution in [3.8, 4) is 11.1 Å². The minimum Gasteiger partial charge on any atom is -0.300 e. The zero-order chi connectivity index (χ0) is 14.7. The van der Waals surface area contributed by atoms with Gasteiger partial charge in [0, 0.05) is 17.1 Å². The Hall–Kier alpha value is -2.47. The first-order valence-electron chi connectivity index (χ1n) is 6.50. The number of hydrogen-bond acceptors (Lipinski definition) is 4. The molecule has 21 heavy (non-hydrogen) atoms. The Morgan fingerprint density at radius 2 is 2.10 bits per heavy atom. The second kappa shape index (κ2) is 5.88. The van der Waals surface area contributed by atoms with E-state index in [1.54, 1.807) is 10.9 Å². The highest BCUT2D eigenvalue weighted by molar-refractivity contribution is 7.13. The maximum Gasteiger partial charge on any atom is 0.247 e. The van der Waals surface area contributed by atoms with Crippen LogP contribution in [0, 0.1) is 6.92 Å². The molecule has 6 heteroatoms. The largest absolute Gasteiger partial charge is 0.300 e. The lowest BCUT2D eigenvalue weighted by Crippen LogP contribution is -2.18. The number of aryl methyl sites for hydroxylation is 1. The van der Waals surface area contributed by atoms with Crippen LogP contribution in [0.15, 0.2) is 48.1 Å². The summed E-state index contributed by atoms with van der Waals surface area (Å²) >= 11 is 1.42. The fourth-order valence-electron chi connectivity index (χ4n) is 1.95. The van der Waals surface area contributed by atoms with E-state index < -0.39 is 0 Å². The lowest BCUT2D eigenvalue weighted by atomic mass is 10.1. The van der Waals surface area contributed by atoms with Crippen molar-refractivity contribution in [2.45, 2.75) is 13.5 Å². The molecular formula is C15H14N4OS. The number of hydrogen-bond donors (Lipinski definition) is 1. The molecule has 0 saturated heterocycles. The van der Waals surface area contributed by atoms with Crippen molar-refractivity contribution in [2.75, 3.05) is 5.32 Å². The second-order valence-corrected chi connectivity index (χ2v) is 5.49. The number of thiazole rings is 1. The van der Waals surface area contributed by atoms with E-state index in [-0.39, 0.29) is 12.5 Å². The van der Waals surface area contributed by atoms with Crippen LogP contribution >= 0.6 is 11.3 Å². The molecule has 0 atom stereocenters. The first-order valence-corrected chi connectivity index (χ1v) is 7.38. The molecule has 1 aromatic carbocycles. The van der Waals surface area contributed by atoms with E-state index in [9.17, 15) is 4.79 Å². The Morgan fingerprint density at radius 3 is 2.81 bits per heavy atom. The Morgan fingerprint density at radius 1 is 1.29 bits per heavy atom. The van der Waals surface area contributed by atoms with Crippen LogP contribution in [0.3, 0.4) is 0 Å². The maximum atomic E-state index is 11.9. The lowest BCUT2D eigenvalue weighted by Gasteiger charge is -2.01. The van der Waals surface area contributed by atoms with Crippen LogP contribution in [0.25, 0.3) is 11.1 Å². The molecule has 0 saturated carbocycles. The predicted molar refractivity (Wildman–Crippen MR) is 83.1 cm³/mol. The van der Waals surface area contributed by atoms with E-state index in [1.807, 2.05) is 48.8 Å². The third-order valence-corrected chi connectivity index (χ3v) is 3.79. The summed E-state index contributed by atoms with van der Waals surface area (Å²) in [5, 5.41) is 9.50. The zero-order valence-electron chi connectivity index (χ0n) is 11.5. The standard InChI is InChI=1S/C15H14N4OS/c1-11-10-21-15(17-11)18-14(20)9-19-8-13(7-16-19)12-5-3-2-4-6-12/h2-8,10H,9H2,1H3,(H,17,18,20). The average Bonchev–Trinajstić information content (AvgIpc) is 3.09. The molecule has 0 fully saturated rings. The quantitative estimate of drug-likeness (QED) is 0.805. The highest BCUT2D eigenvalue weighted by Gasteiger charge is 2.08. The van der Waals surface area contributed by atoms with Crippen LogP contribution < -0.4 is 5.32 Å². The van der Waals surface area contributed by atoms with Crippen molar-refractivity contribution >= 4 is 22.4 Å². The number of aromatic nitrogens is 3. The average molecular weight is 298 g/mol. The molecule has 0 aliphatic rings. The second-order valence-electron chi connectivity index (χ2n) is 4.63. The molecule has 0 spiro atoms. The number of benzene rings is 1. The molecule has 1 N–H and O–H groups in total. The smallest absolute Gasteiger partial charge is 0.247 e. The highest BCUT2D eigenvalue weighted by atomic mass is 32.1. The van der Waals surface area contributed by atoms with Gasteiger partial charge in [-0.25, -0.2) is 4.98 Å². The number of nitrogens with one attached hydrogen (secondary N) is 1. The zero-order valence-corrected chi connectivity index (χ0v) is 12.3. The minimum atomic E-state index is -0.132. The van der Waals surface area contributed by atoms with Crippen molar-refractivity contribution in [3.05, 3.63) is 53.8 Å². The normalized spacial score (nSPS) is 10.5. The van der Waals surface area contributed by atoms with Crippen molar-refractivity contribution in [3.63, 3.8) is 0 Å². The summed E-state index contributed by atoms with van der Waals surface area (Å²) in [7, 11) is 0. The minimum absolute atomic E-state index is 0.132. The molecule has 0 bridgehead atoms. The summed E-state index contributed by atoms with van der Waals surface area (Å²) in [6.45, 7) is 2.07. The molecule has 106 valence electrons. The van der Waals surface area contributed by atoms with Gasteiger partial charge in [0.25, 0.3) is 0 Å². The molecule has 0 unspecified atom stereocenters. The fourth-order valence-corrected chi connectivity index (χ4v) is 2.65. The molecule has 0 radical (unpaired) electrons. The SMILES string of the molecule is Cc1csc(NC(=O)Cn2cc(-c3ccccc3)cn2)n1. The van der Waals surface area contributed by atoms with Crippen molar-refractivity contribution < 1.29 is 4.79 Å². The van der Waals surface area contributed by atoms with Gasteiger partial charge in [-0.15, -0.1) is 11.3 Å². The van der Waals surface area contributed by atoms with Gasteiger partial charge in [-0.05, 0) is 12.5 Å². The van der Waals surface area contributed by atoms with Crippen LogP contribution in [0.4, 0.5) is 5.13 Å². The Kier molecular flexibility index (Phi) is 3.79. The van der Waals surface area contributed by atoms with Crippen LogP contribution in [0.5, 0.6) is 0 Å².